The largest absolute Gasteiger partial charge is 0.389 e. The van der Waals surface area contributed by atoms with Crippen molar-refractivity contribution < 1.29 is 13.5 Å². The van der Waals surface area contributed by atoms with Gasteiger partial charge in [0.15, 0.2) is 0 Å². The molecule has 176 valence electrons. The lowest BCUT2D eigenvalue weighted by atomic mass is 9.91. The summed E-state index contributed by atoms with van der Waals surface area (Å²) in [6, 6.07) is 16.6. The summed E-state index contributed by atoms with van der Waals surface area (Å²) < 4.78 is 29.7. The number of rotatable bonds is 5. The van der Waals surface area contributed by atoms with Crippen molar-refractivity contribution in [3.63, 3.8) is 0 Å². The van der Waals surface area contributed by atoms with Crippen molar-refractivity contribution in [2.75, 3.05) is 13.6 Å². The third-order valence-corrected chi connectivity index (χ3v) is 8.65. The van der Waals surface area contributed by atoms with Crippen LogP contribution in [0.25, 0.3) is 10.9 Å². The van der Waals surface area contributed by atoms with Gasteiger partial charge in [0.2, 0.25) is 0 Å². The van der Waals surface area contributed by atoms with Gasteiger partial charge in [0.05, 0.1) is 28.3 Å². The molecule has 0 aliphatic carbocycles. The second kappa shape index (κ2) is 8.65. The van der Waals surface area contributed by atoms with Crippen LogP contribution in [0.1, 0.15) is 47.0 Å². The van der Waals surface area contributed by atoms with Crippen LogP contribution in [0.15, 0.2) is 71.9 Å². The molecule has 0 amide bonds. The molecule has 0 radical (unpaired) electrons. The zero-order valence-electron chi connectivity index (χ0n) is 19.6. The van der Waals surface area contributed by atoms with Crippen LogP contribution in [0.4, 0.5) is 0 Å². The first-order chi connectivity index (χ1) is 16.3. The van der Waals surface area contributed by atoms with Gasteiger partial charge in [-0.2, -0.15) is 0 Å². The fraction of sp³-hybridized carbons (Fsp3) is 0.296. The molecule has 0 spiro atoms. The highest BCUT2D eigenvalue weighted by molar-refractivity contribution is 7.90. The van der Waals surface area contributed by atoms with Crippen molar-refractivity contribution in [1.82, 2.24) is 13.9 Å². The lowest BCUT2D eigenvalue weighted by Gasteiger charge is -2.35. The number of nitrogens with zero attached hydrogens (tertiary/aromatic N) is 3. The first-order valence-electron chi connectivity index (χ1n) is 11.5. The molecule has 5 rings (SSSR count). The number of aromatic nitrogens is 2. The second-order valence-electron chi connectivity index (χ2n) is 9.16. The Balaban J connectivity index is 1.75. The Hall–Kier alpha value is -3.00. The van der Waals surface area contributed by atoms with Crippen molar-refractivity contribution in [2.24, 2.45) is 0 Å². The molecule has 4 aromatic rings. The molecule has 0 bridgehead atoms. The van der Waals surface area contributed by atoms with Gasteiger partial charge < -0.3 is 5.11 Å². The number of aryl methyl sites for hydroxylation is 1. The molecule has 2 atom stereocenters. The molecular formula is C27H29N3O3S. The number of fused-ring (bicyclic) bond motifs is 3. The lowest BCUT2D eigenvalue weighted by Crippen LogP contribution is -2.36. The van der Waals surface area contributed by atoms with Crippen LogP contribution in [0.3, 0.4) is 0 Å². The van der Waals surface area contributed by atoms with E-state index in [4.69, 9.17) is 0 Å². The van der Waals surface area contributed by atoms with Crippen LogP contribution in [0, 0.1) is 6.92 Å². The zero-order chi connectivity index (χ0) is 24.0. The average molecular weight is 476 g/mol. The summed E-state index contributed by atoms with van der Waals surface area (Å²) >= 11 is 0. The maximum atomic E-state index is 14.1. The van der Waals surface area contributed by atoms with E-state index in [1.165, 1.54) is 0 Å². The Kier molecular flexibility index (Phi) is 5.80. The molecule has 3 heterocycles. The smallest absolute Gasteiger partial charge is 0.268 e. The van der Waals surface area contributed by atoms with E-state index in [0.717, 1.165) is 46.3 Å². The van der Waals surface area contributed by atoms with Crippen molar-refractivity contribution >= 4 is 20.9 Å². The van der Waals surface area contributed by atoms with Crippen LogP contribution in [0.2, 0.25) is 0 Å². The molecule has 0 saturated carbocycles. The number of benzene rings is 2. The molecule has 6 nitrogen and oxygen atoms in total. The molecule has 1 N–H and O–H groups in total. The Morgan fingerprint density at radius 1 is 1.12 bits per heavy atom. The minimum Gasteiger partial charge on any atom is -0.389 e. The highest BCUT2D eigenvalue weighted by Gasteiger charge is 2.36. The van der Waals surface area contributed by atoms with E-state index in [0.29, 0.717) is 11.9 Å². The first-order valence-corrected chi connectivity index (χ1v) is 13.0. The van der Waals surface area contributed by atoms with Crippen molar-refractivity contribution in [1.29, 1.82) is 0 Å². The number of hydrogen-bond donors (Lipinski definition) is 1. The third-order valence-electron chi connectivity index (χ3n) is 6.91. The summed E-state index contributed by atoms with van der Waals surface area (Å²) in [5, 5.41) is 11.3. The van der Waals surface area contributed by atoms with E-state index in [-0.39, 0.29) is 10.9 Å². The predicted molar refractivity (Wildman–Crippen MR) is 133 cm³/mol. The van der Waals surface area contributed by atoms with E-state index < -0.39 is 16.1 Å². The number of hydrogen-bond acceptors (Lipinski definition) is 5. The summed E-state index contributed by atoms with van der Waals surface area (Å²) in [4.78, 5) is 6.68. The van der Waals surface area contributed by atoms with Gasteiger partial charge in [0.1, 0.15) is 0 Å². The molecule has 0 fully saturated rings. The van der Waals surface area contributed by atoms with Crippen LogP contribution in [0.5, 0.6) is 0 Å². The Bertz CT molecular complexity index is 1460. The molecule has 1 aliphatic heterocycles. The molecule has 1 aliphatic rings. The molecule has 34 heavy (non-hydrogen) atoms. The fourth-order valence-corrected chi connectivity index (χ4v) is 6.68. The summed E-state index contributed by atoms with van der Waals surface area (Å²) in [7, 11) is -1.79. The van der Waals surface area contributed by atoms with Crippen LogP contribution >= 0.6 is 0 Å². The maximum Gasteiger partial charge on any atom is 0.268 e. The molecule has 0 saturated heterocycles. The van der Waals surface area contributed by atoms with Crippen LogP contribution in [-0.2, 0) is 22.9 Å². The maximum absolute atomic E-state index is 14.1. The Morgan fingerprint density at radius 3 is 2.59 bits per heavy atom. The second-order valence-corrected chi connectivity index (χ2v) is 11.0. The Morgan fingerprint density at radius 2 is 1.85 bits per heavy atom. The van der Waals surface area contributed by atoms with Crippen molar-refractivity contribution in [3.8, 4) is 0 Å². The van der Waals surface area contributed by atoms with Gasteiger partial charge in [-0.1, -0.05) is 35.9 Å². The SMILES string of the molecule is Cc1ccc(S(=O)(=O)n2c3c(c4ccccc42)CCN(C)[C@@H]3Cc2ccncc2[C@H](C)O)cc1. The van der Waals surface area contributed by atoms with E-state index in [2.05, 4.69) is 9.88 Å². The monoisotopic (exact) mass is 475 g/mol. The van der Waals surface area contributed by atoms with Crippen molar-refractivity contribution in [2.45, 2.75) is 43.7 Å². The molecule has 2 aromatic heterocycles. The highest BCUT2D eigenvalue weighted by atomic mass is 32.2. The van der Waals surface area contributed by atoms with E-state index in [1.54, 1.807) is 35.4 Å². The normalized spacial score (nSPS) is 17.6. The van der Waals surface area contributed by atoms with Crippen LogP contribution < -0.4 is 0 Å². The number of likely N-dealkylation sites (N-methyl/N-ethyl adjacent to an activating group) is 1. The van der Waals surface area contributed by atoms with E-state index in [9.17, 15) is 13.5 Å². The van der Waals surface area contributed by atoms with Crippen molar-refractivity contribution in [3.05, 3.63) is 94.9 Å². The minimum absolute atomic E-state index is 0.170. The van der Waals surface area contributed by atoms with Gasteiger partial charge in [0.25, 0.3) is 10.0 Å². The molecule has 2 aromatic carbocycles. The predicted octanol–water partition coefficient (Wildman–Crippen LogP) is 4.41. The number of aliphatic hydroxyl groups is 1. The van der Waals surface area contributed by atoms with E-state index >= 15 is 0 Å². The van der Waals surface area contributed by atoms with Gasteiger partial charge in [-0.25, -0.2) is 12.4 Å². The average Bonchev–Trinajstić information content (AvgIpc) is 3.17. The minimum atomic E-state index is -3.83. The standard InChI is InChI=1S/C27H29N3O3S/c1-18-8-10-21(11-9-18)34(32,33)30-25-7-5-4-6-22(25)23-13-15-29(3)26(27(23)30)16-20-12-14-28-17-24(20)19(2)31/h4-12,14,17,19,26,31H,13,15-16H2,1-3H3/t19-,26+/m0/s1. The summed E-state index contributed by atoms with van der Waals surface area (Å²) in [5.41, 5.74) is 5.36. The molecule has 0 unspecified atom stereocenters. The first kappa shape index (κ1) is 22.8. The highest BCUT2D eigenvalue weighted by Crippen LogP contribution is 2.40. The topological polar surface area (TPSA) is 75.4 Å². The summed E-state index contributed by atoms with van der Waals surface area (Å²) in [6.45, 7) is 4.50. The third kappa shape index (κ3) is 3.74. The van der Waals surface area contributed by atoms with E-state index in [1.807, 2.05) is 56.4 Å². The summed E-state index contributed by atoms with van der Waals surface area (Å²) in [5.74, 6) is 0. The number of pyridine rings is 1. The fourth-order valence-electron chi connectivity index (χ4n) is 5.08. The number of aliphatic hydroxyl groups excluding tert-OH is 1. The van der Waals surface area contributed by atoms with Gasteiger partial charge in [-0.3, -0.25) is 9.88 Å². The Labute approximate surface area is 200 Å². The van der Waals surface area contributed by atoms with Gasteiger partial charge >= 0.3 is 0 Å². The quantitative estimate of drug-likeness (QED) is 0.463. The van der Waals surface area contributed by atoms with Gasteiger partial charge in [-0.15, -0.1) is 0 Å². The molecular weight excluding hydrogens is 446 g/mol. The number of para-hydroxylation sites is 1. The molecule has 7 heteroatoms. The van der Waals surface area contributed by atoms with Gasteiger partial charge in [-0.05, 0) is 69.1 Å². The van der Waals surface area contributed by atoms with Crippen LogP contribution in [-0.4, -0.2) is 41.0 Å². The zero-order valence-corrected chi connectivity index (χ0v) is 20.5. The van der Waals surface area contributed by atoms with Gasteiger partial charge in [0, 0.05) is 29.9 Å². The lowest BCUT2D eigenvalue weighted by molar-refractivity contribution is 0.194. The summed E-state index contributed by atoms with van der Waals surface area (Å²) in [6.07, 6.45) is 4.12.